The second kappa shape index (κ2) is 7.54. The molecular formula is C15H30N2O4. The molecule has 124 valence electrons. The standard InChI is InChI=1S/C15H30N2O4/c1-6-21-12-11-15(16,14(12,2)3)13(18)17(7-9-19-4)8-10-20-5/h12H,6-11,16H2,1-5H3. The first-order chi connectivity index (χ1) is 9.85. The molecule has 2 N–H and O–H groups in total. The molecule has 1 amide bonds. The van der Waals surface area contributed by atoms with E-state index in [0.717, 1.165) is 0 Å². The summed E-state index contributed by atoms with van der Waals surface area (Å²) in [7, 11) is 3.24. The number of amides is 1. The summed E-state index contributed by atoms with van der Waals surface area (Å²) in [6.07, 6.45) is 0.589. The Bertz CT molecular complexity index is 341. The van der Waals surface area contributed by atoms with Crippen LogP contribution in [0.2, 0.25) is 0 Å². The van der Waals surface area contributed by atoms with E-state index in [4.69, 9.17) is 19.9 Å². The molecule has 1 aliphatic carbocycles. The Morgan fingerprint density at radius 2 is 1.76 bits per heavy atom. The maximum atomic E-state index is 12.9. The number of hydrogen-bond acceptors (Lipinski definition) is 5. The van der Waals surface area contributed by atoms with E-state index in [1.54, 1.807) is 19.1 Å². The van der Waals surface area contributed by atoms with Crippen LogP contribution in [0.5, 0.6) is 0 Å². The van der Waals surface area contributed by atoms with Crippen molar-refractivity contribution in [2.75, 3.05) is 47.1 Å². The summed E-state index contributed by atoms with van der Waals surface area (Å²) in [6, 6.07) is 0. The quantitative estimate of drug-likeness (QED) is 0.676. The van der Waals surface area contributed by atoms with Crippen LogP contribution in [0.1, 0.15) is 27.2 Å². The van der Waals surface area contributed by atoms with Crippen molar-refractivity contribution in [1.29, 1.82) is 0 Å². The van der Waals surface area contributed by atoms with Crippen LogP contribution in [0.15, 0.2) is 0 Å². The monoisotopic (exact) mass is 302 g/mol. The fraction of sp³-hybridized carbons (Fsp3) is 0.933. The molecule has 0 bridgehead atoms. The Morgan fingerprint density at radius 1 is 1.24 bits per heavy atom. The first kappa shape index (κ1) is 18.4. The average molecular weight is 302 g/mol. The van der Waals surface area contributed by atoms with Crippen LogP contribution in [0, 0.1) is 5.41 Å². The van der Waals surface area contributed by atoms with E-state index in [-0.39, 0.29) is 17.4 Å². The molecule has 2 unspecified atom stereocenters. The van der Waals surface area contributed by atoms with Crippen LogP contribution >= 0.6 is 0 Å². The van der Waals surface area contributed by atoms with Gasteiger partial charge in [-0.15, -0.1) is 0 Å². The molecule has 0 aromatic heterocycles. The fourth-order valence-corrected chi connectivity index (χ4v) is 2.80. The molecule has 1 aliphatic rings. The molecule has 0 heterocycles. The van der Waals surface area contributed by atoms with E-state index >= 15 is 0 Å². The first-order valence-corrected chi connectivity index (χ1v) is 7.52. The van der Waals surface area contributed by atoms with E-state index in [2.05, 4.69) is 0 Å². The Balaban J connectivity index is 2.78. The SMILES string of the molecule is CCOC1CC(N)(C(=O)N(CCOC)CCOC)C1(C)C. The largest absolute Gasteiger partial charge is 0.383 e. The number of nitrogens with two attached hydrogens (primary N) is 1. The molecular weight excluding hydrogens is 272 g/mol. The second-order valence-electron chi connectivity index (χ2n) is 6.12. The summed E-state index contributed by atoms with van der Waals surface area (Å²) in [5.41, 5.74) is 5.18. The van der Waals surface area contributed by atoms with Gasteiger partial charge in [-0.1, -0.05) is 13.8 Å². The third-order valence-corrected chi connectivity index (χ3v) is 4.63. The van der Waals surface area contributed by atoms with Crippen LogP contribution in [-0.4, -0.2) is 69.6 Å². The second-order valence-corrected chi connectivity index (χ2v) is 6.12. The fourth-order valence-electron chi connectivity index (χ4n) is 2.80. The maximum absolute atomic E-state index is 12.9. The van der Waals surface area contributed by atoms with Gasteiger partial charge in [-0.2, -0.15) is 0 Å². The van der Waals surface area contributed by atoms with Crippen molar-refractivity contribution in [2.24, 2.45) is 11.1 Å². The summed E-state index contributed by atoms with van der Waals surface area (Å²) in [6.45, 7) is 8.61. The lowest BCUT2D eigenvalue weighted by molar-refractivity contribution is -0.180. The highest BCUT2D eigenvalue weighted by Crippen LogP contribution is 2.50. The molecule has 6 nitrogen and oxygen atoms in total. The van der Waals surface area contributed by atoms with Crippen molar-refractivity contribution < 1.29 is 19.0 Å². The molecule has 0 aromatic rings. The Morgan fingerprint density at radius 3 is 2.14 bits per heavy atom. The summed E-state index contributed by atoms with van der Waals surface area (Å²) < 4.78 is 15.8. The van der Waals surface area contributed by atoms with Gasteiger partial charge in [0.15, 0.2) is 0 Å². The van der Waals surface area contributed by atoms with Gasteiger partial charge in [0.1, 0.15) is 5.54 Å². The molecule has 1 saturated carbocycles. The van der Waals surface area contributed by atoms with Gasteiger partial charge in [0.05, 0.1) is 19.3 Å². The molecule has 0 aromatic carbocycles. The molecule has 1 fully saturated rings. The zero-order valence-electron chi connectivity index (χ0n) is 14.0. The molecule has 0 aliphatic heterocycles. The lowest BCUT2D eigenvalue weighted by Crippen LogP contribution is -2.76. The van der Waals surface area contributed by atoms with Crippen molar-refractivity contribution in [3.63, 3.8) is 0 Å². The molecule has 0 saturated heterocycles. The van der Waals surface area contributed by atoms with Gasteiger partial charge in [-0.3, -0.25) is 4.79 Å². The van der Waals surface area contributed by atoms with Crippen LogP contribution in [0.4, 0.5) is 0 Å². The van der Waals surface area contributed by atoms with E-state index in [9.17, 15) is 4.79 Å². The van der Waals surface area contributed by atoms with E-state index in [0.29, 0.717) is 39.3 Å². The number of carbonyl (C=O) groups is 1. The minimum Gasteiger partial charge on any atom is -0.383 e. The van der Waals surface area contributed by atoms with Gasteiger partial charge in [0, 0.05) is 45.8 Å². The zero-order chi connectivity index (χ0) is 16.1. The zero-order valence-corrected chi connectivity index (χ0v) is 14.0. The topological polar surface area (TPSA) is 74.0 Å². The number of hydrogen-bond donors (Lipinski definition) is 1. The third-order valence-electron chi connectivity index (χ3n) is 4.63. The minimum absolute atomic E-state index is 0.0307. The first-order valence-electron chi connectivity index (χ1n) is 7.52. The predicted octanol–water partition coefficient (Wildman–Crippen LogP) is 0.640. The highest BCUT2D eigenvalue weighted by atomic mass is 16.5. The van der Waals surface area contributed by atoms with Crippen molar-refractivity contribution >= 4 is 5.91 Å². The van der Waals surface area contributed by atoms with Gasteiger partial charge in [-0.25, -0.2) is 0 Å². The lowest BCUT2D eigenvalue weighted by Gasteiger charge is -2.58. The van der Waals surface area contributed by atoms with E-state index in [1.807, 2.05) is 20.8 Å². The summed E-state index contributed by atoms with van der Waals surface area (Å²) in [5.74, 6) is -0.0439. The normalized spacial score (nSPS) is 27.2. The Kier molecular flexibility index (Phi) is 6.59. The van der Waals surface area contributed by atoms with Crippen molar-refractivity contribution in [1.82, 2.24) is 4.90 Å². The smallest absolute Gasteiger partial charge is 0.243 e. The van der Waals surface area contributed by atoms with Gasteiger partial charge in [-0.05, 0) is 6.92 Å². The Labute approximate surface area is 127 Å². The number of carbonyl (C=O) groups excluding carboxylic acids is 1. The van der Waals surface area contributed by atoms with Gasteiger partial charge >= 0.3 is 0 Å². The molecule has 1 rings (SSSR count). The highest BCUT2D eigenvalue weighted by molar-refractivity contribution is 5.89. The van der Waals surface area contributed by atoms with Crippen molar-refractivity contribution in [3.05, 3.63) is 0 Å². The summed E-state index contributed by atoms with van der Waals surface area (Å²) in [5, 5.41) is 0. The predicted molar refractivity (Wildman–Crippen MR) is 81.1 cm³/mol. The summed E-state index contributed by atoms with van der Waals surface area (Å²) in [4.78, 5) is 14.6. The maximum Gasteiger partial charge on any atom is 0.243 e. The van der Waals surface area contributed by atoms with Crippen LogP contribution in [0.25, 0.3) is 0 Å². The average Bonchev–Trinajstić information content (AvgIpc) is 2.46. The van der Waals surface area contributed by atoms with Crippen LogP contribution in [-0.2, 0) is 19.0 Å². The summed E-state index contributed by atoms with van der Waals surface area (Å²) >= 11 is 0. The van der Waals surface area contributed by atoms with Crippen LogP contribution < -0.4 is 5.73 Å². The number of ether oxygens (including phenoxy) is 3. The lowest BCUT2D eigenvalue weighted by atomic mass is 9.54. The van der Waals surface area contributed by atoms with Gasteiger partial charge < -0.3 is 24.8 Å². The Hall–Kier alpha value is -0.690. The van der Waals surface area contributed by atoms with Gasteiger partial charge in [0.25, 0.3) is 0 Å². The highest BCUT2D eigenvalue weighted by Gasteiger charge is 2.63. The van der Waals surface area contributed by atoms with Crippen LogP contribution in [0.3, 0.4) is 0 Å². The van der Waals surface area contributed by atoms with Crippen molar-refractivity contribution in [2.45, 2.75) is 38.8 Å². The third kappa shape index (κ3) is 3.56. The van der Waals surface area contributed by atoms with Gasteiger partial charge in [0.2, 0.25) is 5.91 Å². The van der Waals surface area contributed by atoms with E-state index < -0.39 is 5.54 Å². The number of nitrogens with zero attached hydrogens (tertiary/aromatic N) is 1. The molecule has 6 heteroatoms. The molecule has 21 heavy (non-hydrogen) atoms. The number of methoxy groups -OCH3 is 2. The van der Waals surface area contributed by atoms with E-state index in [1.165, 1.54) is 0 Å². The number of rotatable bonds is 9. The van der Waals surface area contributed by atoms with Crippen molar-refractivity contribution in [3.8, 4) is 0 Å². The molecule has 0 radical (unpaired) electrons. The molecule has 2 atom stereocenters. The molecule has 0 spiro atoms. The minimum atomic E-state index is -0.881.